The molecule has 2 amide bonds. The van der Waals surface area contributed by atoms with E-state index < -0.39 is 6.04 Å². The first kappa shape index (κ1) is 20.7. The number of rotatable bonds is 8. The molecule has 0 bridgehead atoms. The first-order chi connectivity index (χ1) is 14.0. The number of nitrogens with one attached hydrogen (secondary N) is 2. The SMILES string of the molecule is CC(C)c1ccc(C(=O)N[C@H](Cc2ccccc2)C(=O)NCc2cscn2)cc1. The summed E-state index contributed by atoms with van der Waals surface area (Å²) in [4.78, 5) is 29.7. The van der Waals surface area contributed by atoms with E-state index in [-0.39, 0.29) is 11.8 Å². The summed E-state index contributed by atoms with van der Waals surface area (Å²) in [6.07, 6.45) is 0.416. The maximum Gasteiger partial charge on any atom is 0.251 e. The van der Waals surface area contributed by atoms with Crippen LogP contribution >= 0.6 is 11.3 Å². The molecule has 0 saturated carbocycles. The number of thiazole rings is 1. The van der Waals surface area contributed by atoms with Crippen LogP contribution in [0.4, 0.5) is 0 Å². The van der Waals surface area contributed by atoms with Crippen LogP contribution in [-0.2, 0) is 17.8 Å². The lowest BCUT2D eigenvalue weighted by Crippen LogP contribution is -2.47. The van der Waals surface area contributed by atoms with Crippen molar-refractivity contribution in [3.05, 3.63) is 87.9 Å². The van der Waals surface area contributed by atoms with Crippen LogP contribution in [0.5, 0.6) is 0 Å². The molecule has 150 valence electrons. The Bertz CT molecular complexity index is 923. The molecule has 5 nitrogen and oxygen atoms in total. The number of amides is 2. The molecule has 29 heavy (non-hydrogen) atoms. The van der Waals surface area contributed by atoms with Crippen LogP contribution in [0.1, 0.15) is 46.9 Å². The predicted octanol–water partition coefficient (Wildman–Crippen LogP) is 3.92. The van der Waals surface area contributed by atoms with Crippen molar-refractivity contribution < 1.29 is 9.59 Å². The average Bonchev–Trinajstić information content (AvgIpc) is 3.26. The number of hydrogen-bond donors (Lipinski definition) is 2. The molecule has 3 aromatic rings. The average molecular weight is 408 g/mol. The van der Waals surface area contributed by atoms with E-state index in [1.807, 2.05) is 47.8 Å². The van der Waals surface area contributed by atoms with E-state index in [0.717, 1.165) is 11.3 Å². The van der Waals surface area contributed by atoms with Crippen molar-refractivity contribution >= 4 is 23.2 Å². The van der Waals surface area contributed by atoms with E-state index in [1.54, 1.807) is 17.6 Å². The van der Waals surface area contributed by atoms with Crippen molar-refractivity contribution in [2.45, 2.75) is 38.8 Å². The summed E-state index contributed by atoms with van der Waals surface area (Å²) in [5.74, 6) is -0.0894. The molecule has 6 heteroatoms. The zero-order valence-corrected chi connectivity index (χ0v) is 17.4. The van der Waals surface area contributed by atoms with Gasteiger partial charge in [0.05, 0.1) is 17.7 Å². The second kappa shape index (κ2) is 9.98. The number of benzene rings is 2. The Hall–Kier alpha value is -2.99. The van der Waals surface area contributed by atoms with E-state index >= 15 is 0 Å². The molecule has 0 aliphatic rings. The summed E-state index contributed by atoms with van der Waals surface area (Å²) in [7, 11) is 0. The summed E-state index contributed by atoms with van der Waals surface area (Å²) in [5, 5.41) is 7.66. The molecule has 1 aromatic heterocycles. The van der Waals surface area contributed by atoms with E-state index in [4.69, 9.17) is 0 Å². The largest absolute Gasteiger partial charge is 0.349 e. The van der Waals surface area contributed by atoms with Crippen LogP contribution in [0.25, 0.3) is 0 Å². The van der Waals surface area contributed by atoms with E-state index in [0.29, 0.717) is 24.4 Å². The third kappa shape index (κ3) is 5.99. The third-order valence-corrected chi connectivity index (χ3v) is 5.31. The molecule has 3 rings (SSSR count). The number of carbonyl (C=O) groups excluding carboxylic acids is 2. The molecule has 0 aliphatic heterocycles. The number of hydrogen-bond acceptors (Lipinski definition) is 4. The first-order valence-electron chi connectivity index (χ1n) is 9.62. The fourth-order valence-corrected chi connectivity index (χ4v) is 3.50. The molecule has 2 aromatic carbocycles. The van der Waals surface area contributed by atoms with Crippen LogP contribution in [0.3, 0.4) is 0 Å². The van der Waals surface area contributed by atoms with E-state index in [2.05, 4.69) is 29.5 Å². The topological polar surface area (TPSA) is 71.1 Å². The lowest BCUT2D eigenvalue weighted by Gasteiger charge is -2.19. The normalized spacial score (nSPS) is 11.8. The zero-order valence-electron chi connectivity index (χ0n) is 16.6. The summed E-state index contributed by atoms with van der Waals surface area (Å²) >= 11 is 1.48. The Morgan fingerprint density at radius 1 is 1.03 bits per heavy atom. The van der Waals surface area contributed by atoms with Crippen molar-refractivity contribution in [1.82, 2.24) is 15.6 Å². The fraction of sp³-hybridized carbons (Fsp3) is 0.261. The van der Waals surface area contributed by atoms with Gasteiger partial charge in [0, 0.05) is 17.4 Å². The molecule has 0 saturated heterocycles. The Morgan fingerprint density at radius 3 is 2.38 bits per heavy atom. The predicted molar refractivity (Wildman–Crippen MR) is 116 cm³/mol. The highest BCUT2D eigenvalue weighted by Crippen LogP contribution is 2.15. The monoisotopic (exact) mass is 407 g/mol. The minimum Gasteiger partial charge on any atom is -0.349 e. The van der Waals surface area contributed by atoms with Crippen LogP contribution in [0.15, 0.2) is 65.5 Å². The molecular weight excluding hydrogens is 382 g/mol. The molecule has 0 radical (unpaired) electrons. The van der Waals surface area contributed by atoms with Crippen LogP contribution in [0.2, 0.25) is 0 Å². The van der Waals surface area contributed by atoms with Gasteiger partial charge in [0.2, 0.25) is 5.91 Å². The molecule has 0 unspecified atom stereocenters. The Balaban J connectivity index is 1.70. The fourth-order valence-electron chi connectivity index (χ4n) is 2.95. The van der Waals surface area contributed by atoms with Crippen LogP contribution in [0, 0.1) is 0 Å². The highest BCUT2D eigenvalue weighted by atomic mass is 32.1. The zero-order chi connectivity index (χ0) is 20.6. The van der Waals surface area contributed by atoms with Crippen molar-refractivity contribution in [3.63, 3.8) is 0 Å². The summed E-state index contributed by atoms with van der Waals surface area (Å²) in [6.45, 7) is 4.56. The van der Waals surface area contributed by atoms with Crippen LogP contribution in [-0.4, -0.2) is 22.8 Å². The van der Waals surface area contributed by atoms with Gasteiger partial charge in [0.25, 0.3) is 5.91 Å². The van der Waals surface area contributed by atoms with Crippen molar-refractivity contribution in [2.24, 2.45) is 0 Å². The highest BCUT2D eigenvalue weighted by molar-refractivity contribution is 7.07. The summed E-state index contributed by atoms with van der Waals surface area (Å²) in [6, 6.07) is 16.5. The second-order valence-electron chi connectivity index (χ2n) is 7.19. The lowest BCUT2D eigenvalue weighted by atomic mass is 10.0. The second-order valence-corrected chi connectivity index (χ2v) is 7.91. The third-order valence-electron chi connectivity index (χ3n) is 4.67. The first-order valence-corrected chi connectivity index (χ1v) is 10.6. The van der Waals surface area contributed by atoms with Crippen molar-refractivity contribution in [1.29, 1.82) is 0 Å². The van der Waals surface area contributed by atoms with Gasteiger partial charge >= 0.3 is 0 Å². The maximum atomic E-state index is 12.8. The molecule has 1 atom stereocenters. The Labute approximate surface area is 175 Å². The van der Waals surface area contributed by atoms with Crippen LogP contribution < -0.4 is 10.6 Å². The van der Waals surface area contributed by atoms with Gasteiger partial charge < -0.3 is 10.6 Å². The maximum absolute atomic E-state index is 12.8. The van der Waals surface area contributed by atoms with Gasteiger partial charge in [-0.25, -0.2) is 4.98 Å². The molecule has 1 heterocycles. The number of aromatic nitrogens is 1. The summed E-state index contributed by atoms with van der Waals surface area (Å²) < 4.78 is 0. The van der Waals surface area contributed by atoms with E-state index in [9.17, 15) is 9.59 Å². The molecule has 0 fully saturated rings. The number of carbonyl (C=O) groups is 2. The van der Waals surface area contributed by atoms with Crippen molar-refractivity contribution in [3.8, 4) is 0 Å². The Morgan fingerprint density at radius 2 is 1.76 bits per heavy atom. The van der Waals surface area contributed by atoms with Gasteiger partial charge in [0.15, 0.2) is 0 Å². The smallest absolute Gasteiger partial charge is 0.251 e. The minimum absolute atomic E-state index is 0.228. The van der Waals surface area contributed by atoms with E-state index in [1.165, 1.54) is 16.9 Å². The Kier molecular flexibility index (Phi) is 7.14. The standard InChI is InChI=1S/C23H25N3O2S/c1-16(2)18-8-10-19(11-9-18)22(27)26-21(12-17-6-4-3-5-7-17)23(28)24-13-20-14-29-15-25-20/h3-11,14-16,21H,12-13H2,1-2H3,(H,24,28)(H,26,27)/t21-/m1/s1. The molecule has 2 N–H and O–H groups in total. The molecule has 0 aliphatic carbocycles. The summed E-state index contributed by atoms with van der Waals surface area (Å²) in [5.41, 5.74) is 5.23. The number of nitrogens with zero attached hydrogens (tertiary/aromatic N) is 1. The lowest BCUT2D eigenvalue weighted by molar-refractivity contribution is -0.123. The van der Waals surface area contributed by atoms with Crippen molar-refractivity contribution in [2.75, 3.05) is 0 Å². The van der Waals surface area contributed by atoms with Gasteiger partial charge in [-0.2, -0.15) is 0 Å². The minimum atomic E-state index is -0.673. The van der Waals surface area contributed by atoms with Gasteiger partial charge in [-0.15, -0.1) is 11.3 Å². The van der Waals surface area contributed by atoms with Gasteiger partial charge in [-0.05, 0) is 29.2 Å². The van der Waals surface area contributed by atoms with Gasteiger partial charge in [0.1, 0.15) is 6.04 Å². The van der Waals surface area contributed by atoms with Gasteiger partial charge in [-0.1, -0.05) is 56.3 Å². The molecular formula is C23H25N3O2S. The quantitative estimate of drug-likeness (QED) is 0.594. The van der Waals surface area contributed by atoms with Gasteiger partial charge in [-0.3, -0.25) is 9.59 Å². The highest BCUT2D eigenvalue weighted by Gasteiger charge is 2.22. The molecule has 0 spiro atoms.